The molecular formula is C16H18FN3O. The summed E-state index contributed by atoms with van der Waals surface area (Å²) in [5.74, 6) is 0.161. The van der Waals surface area contributed by atoms with Crippen molar-refractivity contribution in [3.8, 4) is 0 Å². The van der Waals surface area contributed by atoms with Gasteiger partial charge in [-0.25, -0.2) is 9.38 Å². The third-order valence-corrected chi connectivity index (χ3v) is 2.86. The lowest BCUT2D eigenvalue weighted by Gasteiger charge is -2.16. The van der Waals surface area contributed by atoms with Crippen molar-refractivity contribution in [2.45, 2.75) is 13.3 Å². The first-order valence-corrected chi connectivity index (χ1v) is 6.75. The third-order valence-electron chi connectivity index (χ3n) is 2.86. The number of halogens is 1. The average Bonchev–Trinajstić information content (AvgIpc) is 2.69. The van der Waals surface area contributed by atoms with Gasteiger partial charge in [-0.15, -0.1) is 0 Å². The number of rotatable bonds is 5. The predicted molar refractivity (Wildman–Crippen MR) is 83.0 cm³/mol. The number of hydrogen-bond donors (Lipinski definition) is 2. The molecule has 0 spiro atoms. The maximum Gasteiger partial charge on any atom is 0.237 e. The topological polar surface area (TPSA) is 57.5 Å². The molecule has 0 radical (unpaired) electrons. The zero-order chi connectivity index (χ0) is 15.1. The number of allylic oxidation sites excluding steroid dienone is 5. The van der Waals surface area contributed by atoms with Gasteiger partial charge in [0.2, 0.25) is 5.90 Å². The van der Waals surface area contributed by atoms with Crippen LogP contribution in [0.2, 0.25) is 0 Å². The van der Waals surface area contributed by atoms with Crippen LogP contribution in [-0.2, 0) is 4.74 Å². The molecule has 2 aliphatic rings. The highest BCUT2D eigenvalue weighted by Crippen LogP contribution is 2.16. The lowest BCUT2D eigenvalue weighted by molar-refractivity contribution is 0.342. The first-order chi connectivity index (χ1) is 10.2. The SMILES string of the molecule is CC(=N)/C=C(\NCC1=CCC=CC=C1F)C1=NC=CCO1. The van der Waals surface area contributed by atoms with Gasteiger partial charge in [-0.05, 0) is 31.6 Å². The van der Waals surface area contributed by atoms with Gasteiger partial charge < -0.3 is 15.5 Å². The Morgan fingerprint density at radius 1 is 1.52 bits per heavy atom. The van der Waals surface area contributed by atoms with Crippen LogP contribution in [0.3, 0.4) is 0 Å². The van der Waals surface area contributed by atoms with Crippen LogP contribution < -0.4 is 5.32 Å². The molecule has 4 nitrogen and oxygen atoms in total. The van der Waals surface area contributed by atoms with E-state index >= 15 is 0 Å². The van der Waals surface area contributed by atoms with Crippen molar-refractivity contribution in [2.24, 2.45) is 4.99 Å². The molecule has 0 atom stereocenters. The summed E-state index contributed by atoms with van der Waals surface area (Å²) in [7, 11) is 0. The fraction of sp³-hybridized carbons (Fsp3) is 0.250. The molecule has 0 aromatic heterocycles. The van der Waals surface area contributed by atoms with Crippen LogP contribution in [0, 0.1) is 5.41 Å². The van der Waals surface area contributed by atoms with E-state index in [1.807, 2.05) is 12.2 Å². The lowest BCUT2D eigenvalue weighted by Crippen LogP contribution is -2.26. The van der Waals surface area contributed by atoms with Gasteiger partial charge in [0, 0.05) is 24.0 Å². The van der Waals surface area contributed by atoms with Crippen molar-refractivity contribution in [1.29, 1.82) is 5.41 Å². The summed E-state index contributed by atoms with van der Waals surface area (Å²) in [4.78, 5) is 4.13. The maximum atomic E-state index is 13.8. The van der Waals surface area contributed by atoms with E-state index in [0.29, 0.717) is 42.5 Å². The minimum Gasteiger partial charge on any atom is -0.472 e. The highest BCUT2D eigenvalue weighted by atomic mass is 19.1. The third kappa shape index (κ3) is 4.56. The Morgan fingerprint density at radius 3 is 3.10 bits per heavy atom. The van der Waals surface area contributed by atoms with E-state index in [1.54, 1.807) is 31.4 Å². The van der Waals surface area contributed by atoms with Crippen LogP contribution in [0.4, 0.5) is 4.39 Å². The molecule has 0 fully saturated rings. The van der Waals surface area contributed by atoms with Crippen molar-refractivity contribution < 1.29 is 9.13 Å². The molecule has 2 N–H and O–H groups in total. The van der Waals surface area contributed by atoms with Crippen molar-refractivity contribution in [2.75, 3.05) is 13.2 Å². The van der Waals surface area contributed by atoms with Gasteiger partial charge >= 0.3 is 0 Å². The van der Waals surface area contributed by atoms with Crippen LogP contribution in [0.15, 0.2) is 64.7 Å². The highest BCUT2D eigenvalue weighted by molar-refractivity contribution is 6.02. The molecule has 0 saturated carbocycles. The fourth-order valence-electron chi connectivity index (χ4n) is 1.87. The Kier molecular flexibility index (Phi) is 5.26. The second-order valence-corrected chi connectivity index (χ2v) is 4.63. The van der Waals surface area contributed by atoms with Crippen LogP contribution in [0.1, 0.15) is 13.3 Å². The van der Waals surface area contributed by atoms with Crippen molar-refractivity contribution >= 4 is 11.6 Å². The average molecular weight is 287 g/mol. The summed E-state index contributed by atoms with van der Waals surface area (Å²) >= 11 is 0. The smallest absolute Gasteiger partial charge is 0.237 e. The summed E-state index contributed by atoms with van der Waals surface area (Å²) in [5, 5.41) is 10.7. The first-order valence-electron chi connectivity index (χ1n) is 6.75. The van der Waals surface area contributed by atoms with E-state index in [2.05, 4.69) is 10.3 Å². The van der Waals surface area contributed by atoms with Crippen LogP contribution in [-0.4, -0.2) is 24.8 Å². The Balaban J connectivity index is 2.10. The van der Waals surface area contributed by atoms with E-state index in [9.17, 15) is 4.39 Å². The number of nitrogens with zero attached hydrogens (tertiary/aromatic N) is 1. The molecule has 0 aromatic rings. The molecule has 5 heteroatoms. The molecule has 110 valence electrons. The molecule has 0 bridgehead atoms. The summed E-state index contributed by atoms with van der Waals surface area (Å²) < 4.78 is 19.3. The fourth-order valence-corrected chi connectivity index (χ4v) is 1.87. The molecule has 0 aromatic carbocycles. The molecule has 0 amide bonds. The van der Waals surface area contributed by atoms with E-state index in [4.69, 9.17) is 10.1 Å². The summed E-state index contributed by atoms with van der Waals surface area (Å²) in [6.07, 6.45) is 12.6. The Hall–Kier alpha value is -2.43. The van der Waals surface area contributed by atoms with Gasteiger partial charge in [-0.2, -0.15) is 0 Å². The molecule has 2 rings (SSSR count). The van der Waals surface area contributed by atoms with Crippen LogP contribution in [0.5, 0.6) is 0 Å². The molecule has 21 heavy (non-hydrogen) atoms. The number of nitrogens with one attached hydrogen (secondary N) is 2. The Morgan fingerprint density at radius 2 is 2.38 bits per heavy atom. The Bertz CT molecular complexity index is 595. The zero-order valence-electron chi connectivity index (χ0n) is 11.9. The quantitative estimate of drug-likeness (QED) is 0.763. The monoisotopic (exact) mass is 287 g/mol. The summed E-state index contributed by atoms with van der Waals surface area (Å²) in [6.45, 7) is 2.42. The lowest BCUT2D eigenvalue weighted by atomic mass is 10.2. The van der Waals surface area contributed by atoms with Crippen LogP contribution in [0.25, 0.3) is 0 Å². The van der Waals surface area contributed by atoms with E-state index in [1.165, 1.54) is 6.08 Å². The van der Waals surface area contributed by atoms with Gasteiger partial charge in [0.1, 0.15) is 12.4 Å². The maximum absolute atomic E-state index is 13.8. The van der Waals surface area contributed by atoms with Gasteiger partial charge in [-0.3, -0.25) is 0 Å². The minimum atomic E-state index is -0.256. The van der Waals surface area contributed by atoms with Crippen molar-refractivity contribution in [3.63, 3.8) is 0 Å². The van der Waals surface area contributed by atoms with E-state index in [-0.39, 0.29) is 5.83 Å². The van der Waals surface area contributed by atoms with Crippen molar-refractivity contribution in [1.82, 2.24) is 5.32 Å². The second kappa shape index (κ2) is 7.38. The largest absolute Gasteiger partial charge is 0.472 e. The Labute approximate surface area is 123 Å². The molecule has 0 saturated heterocycles. The number of aliphatic imine (C=N–C) groups is 1. The zero-order valence-corrected chi connectivity index (χ0v) is 11.9. The van der Waals surface area contributed by atoms with E-state index in [0.717, 1.165) is 0 Å². The van der Waals surface area contributed by atoms with Crippen LogP contribution >= 0.6 is 0 Å². The number of ether oxygens (including phenoxy) is 1. The summed E-state index contributed by atoms with van der Waals surface area (Å²) in [5.41, 5.74) is 1.53. The number of hydrogen-bond acceptors (Lipinski definition) is 4. The molecule has 1 aliphatic heterocycles. The standard InChI is InChI=1S/C16H18FN3O/c1-12(18)10-15(16-19-8-5-9-21-16)20-11-13-6-3-2-4-7-14(13)17/h2,4-8,10,18,20H,3,9,11H2,1H3/b15-10-,18-12?. The van der Waals surface area contributed by atoms with E-state index < -0.39 is 0 Å². The molecule has 0 unspecified atom stereocenters. The molecule has 1 aliphatic carbocycles. The van der Waals surface area contributed by atoms with Gasteiger partial charge in [0.25, 0.3) is 0 Å². The summed E-state index contributed by atoms with van der Waals surface area (Å²) in [6, 6.07) is 0. The minimum absolute atomic E-state index is 0.256. The van der Waals surface area contributed by atoms with Gasteiger partial charge in [-0.1, -0.05) is 18.2 Å². The normalized spacial score (nSPS) is 18.2. The van der Waals surface area contributed by atoms with Gasteiger partial charge in [0.15, 0.2) is 0 Å². The highest BCUT2D eigenvalue weighted by Gasteiger charge is 2.12. The molecule has 1 heterocycles. The molecular weight excluding hydrogens is 269 g/mol. The predicted octanol–water partition coefficient (Wildman–Crippen LogP) is 3.18. The first kappa shape index (κ1) is 15.0. The van der Waals surface area contributed by atoms with Gasteiger partial charge in [0.05, 0.1) is 5.70 Å². The van der Waals surface area contributed by atoms with Crippen molar-refractivity contribution in [3.05, 3.63) is 59.8 Å². The second-order valence-electron chi connectivity index (χ2n) is 4.63.